The number of nitrogens with one attached hydrogen (secondary N) is 2. The SMILES string of the molecule is CCc1ccc(NC(=O)NCc2nnc(SCc3ccccc3)n2-c2ccc([N+](=O)[O-])cc2)cc1. The number of carbonyl (C=O) groups excluding carboxylic acids is 1. The molecule has 178 valence electrons. The molecule has 0 radical (unpaired) electrons. The maximum absolute atomic E-state index is 12.5. The molecule has 0 unspecified atom stereocenters. The lowest BCUT2D eigenvalue weighted by Gasteiger charge is -2.12. The summed E-state index contributed by atoms with van der Waals surface area (Å²) in [6.45, 7) is 2.19. The van der Waals surface area contributed by atoms with E-state index in [1.54, 1.807) is 16.7 Å². The highest BCUT2D eigenvalue weighted by Crippen LogP contribution is 2.26. The summed E-state index contributed by atoms with van der Waals surface area (Å²) in [6.07, 6.45) is 0.926. The van der Waals surface area contributed by atoms with Crippen LogP contribution in [0.15, 0.2) is 84.0 Å². The number of aromatic nitrogens is 3. The zero-order valence-corrected chi connectivity index (χ0v) is 19.9. The molecule has 0 bridgehead atoms. The maximum Gasteiger partial charge on any atom is 0.319 e. The van der Waals surface area contributed by atoms with Gasteiger partial charge in [0.05, 0.1) is 11.5 Å². The van der Waals surface area contributed by atoms with Crippen molar-refractivity contribution in [1.29, 1.82) is 0 Å². The molecule has 35 heavy (non-hydrogen) atoms. The van der Waals surface area contributed by atoms with Gasteiger partial charge in [-0.3, -0.25) is 14.7 Å². The highest BCUT2D eigenvalue weighted by molar-refractivity contribution is 7.98. The van der Waals surface area contributed by atoms with Crippen molar-refractivity contribution in [2.75, 3.05) is 5.32 Å². The van der Waals surface area contributed by atoms with E-state index in [1.165, 1.54) is 29.5 Å². The monoisotopic (exact) mass is 488 g/mol. The summed E-state index contributed by atoms with van der Waals surface area (Å²) in [4.78, 5) is 23.1. The lowest BCUT2D eigenvalue weighted by atomic mass is 10.1. The van der Waals surface area contributed by atoms with Crippen molar-refractivity contribution in [3.63, 3.8) is 0 Å². The predicted octanol–water partition coefficient (Wildman–Crippen LogP) is 5.35. The zero-order valence-electron chi connectivity index (χ0n) is 19.0. The van der Waals surface area contributed by atoms with Gasteiger partial charge in [-0.25, -0.2) is 4.79 Å². The van der Waals surface area contributed by atoms with Crippen LogP contribution in [0.2, 0.25) is 0 Å². The molecule has 0 saturated heterocycles. The second-order valence-corrected chi connectivity index (χ2v) is 8.58. The molecule has 0 fully saturated rings. The van der Waals surface area contributed by atoms with E-state index in [1.807, 2.05) is 54.6 Å². The predicted molar refractivity (Wildman–Crippen MR) is 136 cm³/mol. The minimum atomic E-state index is -0.444. The zero-order chi connectivity index (χ0) is 24.6. The molecule has 0 saturated carbocycles. The Balaban J connectivity index is 1.51. The molecule has 2 N–H and O–H groups in total. The van der Waals surface area contributed by atoms with Gasteiger partial charge in [-0.05, 0) is 41.8 Å². The van der Waals surface area contributed by atoms with E-state index in [2.05, 4.69) is 27.8 Å². The Kier molecular flexibility index (Phi) is 7.74. The number of urea groups is 1. The molecule has 1 heterocycles. The Morgan fingerprint density at radius 3 is 2.34 bits per heavy atom. The van der Waals surface area contributed by atoms with Gasteiger partial charge in [0.1, 0.15) is 0 Å². The van der Waals surface area contributed by atoms with Crippen LogP contribution in [0.4, 0.5) is 16.2 Å². The van der Waals surface area contributed by atoms with E-state index in [0.717, 1.165) is 12.0 Å². The van der Waals surface area contributed by atoms with Crippen molar-refractivity contribution < 1.29 is 9.72 Å². The van der Waals surface area contributed by atoms with Crippen LogP contribution in [0, 0.1) is 10.1 Å². The molecule has 3 aromatic carbocycles. The number of hydrogen-bond acceptors (Lipinski definition) is 6. The van der Waals surface area contributed by atoms with Gasteiger partial charge < -0.3 is 10.6 Å². The Hall–Kier alpha value is -4.18. The Labute approximate surface area is 206 Å². The lowest BCUT2D eigenvalue weighted by Crippen LogP contribution is -2.29. The molecule has 4 rings (SSSR count). The van der Waals surface area contributed by atoms with Gasteiger partial charge in [0.25, 0.3) is 5.69 Å². The Morgan fingerprint density at radius 1 is 0.971 bits per heavy atom. The lowest BCUT2D eigenvalue weighted by molar-refractivity contribution is -0.384. The van der Waals surface area contributed by atoms with Crippen LogP contribution in [-0.2, 0) is 18.7 Å². The van der Waals surface area contributed by atoms with Crippen molar-refractivity contribution in [1.82, 2.24) is 20.1 Å². The molecule has 0 aliphatic heterocycles. The largest absolute Gasteiger partial charge is 0.331 e. The van der Waals surface area contributed by atoms with Crippen molar-refractivity contribution in [2.45, 2.75) is 30.8 Å². The van der Waals surface area contributed by atoms with E-state index in [4.69, 9.17) is 0 Å². The van der Waals surface area contributed by atoms with Gasteiger partial charge in [0, 0.05) is 29.3 Å². The fourth-order valence-corrected chi connectivity index (χ4v) is 4.30. The van der Waals surface area contributed by atoms with Crippen LogP contribution < -0.4 is 10.6 Å². The van der Waals surface area contributed by atoms with Crippen LogP contribution in [-0.4, -0.2) is 25.7 Å². The molecule has 0 aliphatic rings. The second-order valence-electron chi connectivity index (χ2n) is 7.64. The first-order valence-corrected chi connectivity index (χ1v) is 12.0. The normalized spacial score (nSPS) is 10.7. The first kappa shape index (κ1) is 24.0. The summed E-state index contributed by atoms with van der Waals surface area (Å²) < 4.78 is 1.80. The number of non-ortho nitro benzene ring substituents is 1. The fourth-order valence-electron chi connectivity index (χ4n) is 3.37. The number of benzene rings is 3. The van der Waals surface area contributed by atoms with Crippen molar-refractivity contribution in [3.05, 3.63) is 106 Å². The third kappa shape index (κ3) is 6.24. The molecule has 1 aromatic heterocycles. The number of thioether (sulfide) groups is 1. The molecular weight excluding hydrogens is 464 g/mol. The number of carbonyl (C=O) groups is 1. The van der Waals surface area contributed by atoms with Crippen molar-refractivity contribution >= 4 is 29.2 Å². The number of aryl methyl sites for hydroxylation is 1. The number of rotatable bonds is 9. The third-order valence-corrected chi connectivity index (χ3v) is 6.26. The van der Waals surface area contributed by atoms with Crippen LogP contribution in [0.1, 0.15) is 23.9 Å². The van der Waals surface area contributed by atoms with Crippen molar-refractivity contribution in [2.24, 2.45) is 0 Å². The number of amides is 2. The number of anilines is 1. The standard InChI is InChI=1S/C25H24N6O3S/c1-2-18-8-10-20(11-9-18)27-24(32)26-16-23-28-29-25(35-17-19-6-4-3-5-7-19)30(23)21-12-14-22(15-13-21)31(33)34/h3-15H,2,16-17H2,1H3,(H2,26,27,32). The topological polar surface area (TPSA) is 115 Å². The molecule has 0 atom stereocenters. The Bertz CT molecular complexity index is 1290. The highest BCUT2D eigenvalue weighted by atomic mass is 32.2. The van der Waals surface area contributed by atoms with Crippen LogP contribution >= 0.6 is 11.8 Å². The second kappa shape index (κ2) is 11.3. The summed E-state index contributed by atoms with van der Waals surface area (Å²) in [5.41, 5.74) is 3.67. The maximum atomic E-state index is 12.5. The molecule has 10 heteroatoms. The van der Waals surface area contributed by atoms with E-state index in [0.29, 0.717) is 28.1 Å². The number of nitrogens with zero attached hydrogens (tertiary/aromatic N) is 4. The number of nitro groups is 1. The average molecular weight is 489 g/mol. The van der Waals surface area contributed by atoms with Gasteiger partial charge in [-0.1, -0.05) is 61.2 Å². The van der Waals surface area contributed by atoms with E-state index < -0.39 is 4.92 Å². The highest BCUT2D eigenvalue weighted by Gasteiger charge is 2.17. The first-order valence-electron chi connectivity index (χ1n) is 11.0. The van der Waals surface area contributed by atoms with E-state index in [-0.39, 0.29) is 18.3 Å². The van der Waals surface area contributed by atoms with Crippen LogP contribution in [0.3, 0.4) is 0 Å². The number of nitro benzene ring substituents is 1. The summed E-state index contributed by atoms with van der Waals surface area (Å²) >= 11 is 1.49. The van der Waals surface area contributed by atoms with E-state index >= 15 is 0 Å². The summed E-state index contributed by atoms with van der Waals surface area (Å²) in [7, 11) is 0. The fraction of sp³-hybridized carbons (Fsp3) is 0.160. The van der Waals surface area contributed by atoms with Gasteiger partial charge in [-0.15, -0.1) is 10.2 Å². The average Bonchev–Trinajstić information content (AvgIpc) is 3.30. The molecule has 0 spiro atoms. The van der Waals surface area contributed by atoms with Crippen molar-refractivity contribution in [3.8, 4) is 5.69 Å². The first-order chi connectivity index (χ1) is 17.0. The molecule has 0 aliphatic carbocycles. The summed E-state index contributed by atoms with van der Waals surface area (Å²) in [5, 5.41) is 25.9. The quantitative estimate of drug-likeness (QED) is 0.186. The van der Waals surface area contributed by atoms with Crippen LogP contribution in [0.25, 0.3) is 5.69 Å². The minimum Gasteiger partial charge on any atom is -0.331 e. The van der Waals surface area contributed by atoms with E-state index in [9.17, 15) is 14.9 Å². The Morgan fingerprint density at radius 2 is 1.69 bits per heavy atom. The van der Waals surface area contributed by atoms with Gasteiger partial charge in [0.2, 0.25) is 0 Å². The smallest absolute Gasteiger partial charge is 0.319 e. The number of hydrogen-bond donors (Lipinski definition) is 2. The van der Waals surface area contributed by atoms with Crippen LogP contribution in [0.5, 0.6) is 0 Å². The van der Waals surface area contributed by atoms with Gasteiger partial charge in [-0.2, -0.15) is 0 Å². The molecule has 4 aromatic rings. The third-order valence-electron chi connectivity index (χ3n) is 5.26. The summed E-state index contributed by atoms with van der Waals surface area (Å²) in [5.74, 6) is 1.18. The minimum absolute atomic E-state index is 0.00606. The molecular formula is C25H24N6O3S. The van der Waals surface area contributed by atoms with Gasteiger partial charge >= 0.3 is 6.03 Å². The van der Waals surface area contributed by atoms with Gasteiger partial charge in [0.15, 0.2) is 11.0 Å². The molecule has 2 amide bonds. The molecule has 9 nitrogen and oxygen atoms in total. The summed E-state index contributed by atoms with van der Waals surface area (Å²) in [6, 6.07) is 23.4.